The monoisotopic (exact) mass is 1090 g/mol. The molecule has 0 bridgehead atoms. The van der Waals surface area contributed by atoms with Gasteiger partial charge in [-0.05, 0) is 97.2 Å². The molecule has 10 rings (SSSR count). The van der Waals surface area contributed by atoms with Crippen LogP contribution in [0.25, 0.3) is 43.4 Å². The Kier molecular flexibility index (Phi) is 19.1. The Labute approximate surface area is 445 Å². The zero-order valence-electron chi connectivity index (χ0n) is 43.8. The number of hydrogen-bond donors (Lipinski definition) is 2. The van der Waals surface area contributed by atoms with E-state index in [1.54, 1.807) is 91.6 Å². The third-order valence-corrected chi connectivity index (χ3v) is 16.6. The van der Waals surface area contributed by atoms with E-state index in [9.17, 15) is 25.3 Å². The number of aromatic nitrogens is 4. The highest BCUT2D eigenvalue weighted by Gasteiger charge is 2.29. The van der Waals surface area contributed by atoms with E-state index in [2.05, 4.69) is 29.4 Å². The van der Waals surface area contributed by atoms with Gasteiger partial charge in [-0.1, -0.05) is 118 Å². The van der Waals surface area contributed by atoms with Gasteiger partial charge in [0.25, 0.3) is 10.1 Å². The number of rotatable bonds is 15. The van der Waals surface area contributed by atoms with Gasteiger partial charge in [-0.25, -0.2) is 16.8 Å². The van der Waals surface area contributed by atoms with Gasteiger partial charge in [0.2, 0.25) is 19.7 Å². The molecular formula is C57H66N6O10S3. The van der Waals surface area contributed by atoms with Gasteiger partial charge in [0.15, 0.2) is 10.1 Å². The molecule has 3 heterocycles. The number of fused-ring (bicyclic) bond motifs is 4. The number of sulfone groups is 2. The van der Waals surface area contributed by atoms with E-state index in [1.807, 2.05) is 81.4 Å². The molecule has 0 radical (unpaired) electrons. The first kappa shape index (κ1) is 57.0. The minimum Gasteiger partial charge on any atom is -0.492 e. The molecule has 9 aromatic rings. The number of benzene rings is 7. The number of nitrogens with one attached hydrogen (secondary N) is 1. The lowest BCUT2D eigenvalue weighted by atomic mass is 10.1. The normalized spacial score (nSPS) is 12.8. The fraction of sp³-hybridized carbons (Fsp3) is 0.298. The Morgan fingerprint density at radius 1 is 0.579 bits per heavy atom. The predicted molar refractivity (Wildman–Crippen MR) is 298 cm³/mol. The minimum absolute atomic E-state index is 0.0436. The molecule has 1 fully saturated rings. The molecule has 1 saturated heterocycles. The first-order chi connectivity index (χ1) is 36.3. The fourth-order valence-electron chi connectivity index (χ4n) is 8.17. The molecule has 0 unspecified atom stereocenters. The van der Waals surface area contributed by atoms with Crippen LogP contribution in [0.3, 0.4) is 0 Å². The Morgan fingerprint density at radius 2 is 1.03 bits per heavy atom. The van der Waals surface area contributed by atoms with Crippen LogP contribution in [0, 0.1) is 6.92 Å². The summed E-state index contributed by atoms with van der Waals surface area (Å²) >= 11 is 0. The van der Waals surface area contributed by atoms with Gasteiger partial charge >= 0.3 is 0 Å². The van der Waals surface area contributed by atoms with Crippen molar-refractivity contribution < 1.29 is 43.6 Å². The molecule has 76 heavy (non-hydrogen) atoms. The van der Waals surface area contributed by atoms with Crippen LogP contribution >= 0.6 is 0 Å². The molecule has 1 aliphatic heterocycles. The molecule has 0 atom stereocenters. The summed E-state index contributed by atoms with van der Waals surface area (Å²) in [5, 5.41) is 15.9. The van der Waals surface area contributed by atoms with E-state index in [-0.39, 0.29) is 38.0 Å². The highest BCUT2D eigenvalue weighted by Crippen LogP contribution is 2.35. The maximum atomic E-state index is 13.7. The standard InChI is InChI=1S/C27H24N2O6S2.C23H25N3O3S.C4H8O.C3H9N/c1-19-10-13-22(14-11-19)37(32,33)35-17-16-34-21-12-15-25-24(18-21)27(28-29(25)2)36(30,31)26-9-5-7-20-6-3-4-8-23(20)26;1-16(2)24-13-14-29-18-11-12-21-20(15-18)23(25-26(21)3)30(27,28)22-10-6-8-17-7-4-5-9-19(17)22;1-2-4-5-3-1;1-3(2)4/h3-15,18H,16-17H2,1-2H3;4-12,15-16,24H,13-14H2,1-3H3;1-4H2;3H,4H2,1-2H3. The average Bonchev–Trinajstić information content (AvgIpc) is 4.20. The first-order valence-electron chi connectivity index (χ1n) is 25.0. The molecule has 3 N–H and O–H groups in total. The van der Waals surface area contributed by atoms with Gasteiger partial charge < -0.3 is 25.3 Å². The summed E-state index contributed by atoms with van der Waals surface area (Å²) in [5.41, 5.74) is 7.40. The van der Waals surface area contributed by atoms with Gasteiger partial charge in [-0.3, -0.25) is 13.5 Å². The largest absolute Gasteiger partial charge is 0.492 e. The van der Waals surface area contributed by atoms with Crippen LogP contribution in [0.5, 0.6) is 11.5 Å². The highest BCUT2D eigenvalue weighted by molar-refractivity contribution is 7.92. The third kappa shape index (κ3) is 14.0. The maximum absolute atomic E-state index is 13.7. The zero-order chi connectivity index (χ0) is 54.6. The van der Waals surface area contributed by atoms with Gasteiger partial charge in [0.1, 0.15) is 31.3 Å². The molecule has 16 nitrogen and oxygen atoms in total. The van der Waals surface area contributed by atoms with E-state index in [4.69, 9.17) is 24.1 Å². The van der Waals surface area contributed by atoms with E-state index >= 15 is 0 Å². The lowest BCUT2D eigenvalue weighted by molar-refractivity contribution is 0.198. The quantitative estimate of drug-likeness (QED) is 0.0723. The number of aryl methyl sites for hydroxylation is 3. The van der Waals surface area contributed by atoms with Crippen molar-refractivity contribution in [2.45, 2.75) is 84.3 Å². The van der Waals surface area contributed by atoms with Crippen LogP contribution < -0.4 is 20.5 Å². The topological polar surface area (TPSA) is 213 Å². The zero-order valence-corrected chi connectivity index (χ0v) is 46.3. The molecule has 0 spiro atoms. The lowest BCUT2D eigenvalue weighted by Gasteiger charge is -2.10. The minimum atomic E-state index is -3.96. The van der Waals surface area contributed by atoms with Crippen molar-refractivity contribution in [2.75, 3.05) is 39.6 Å². The number of nitrogens with zero attached hydrogens (tertiary/aromatic N) is 4. The number of hydrogen-bond acceptors (Lipinski definition) is 14. The average molecular weight is 1090 g/mol. The van der Waals surface area contributed by atoms with E-state index in [1.165, 1.54) is 29.7 Å². The molecule has 7 aromatic carbocycles. The molecule has 2 aromatic heterocycles. The summed E-state index contributed by atoms with van der Waals surface area (Å²) in [6.07, 6.45) is 2.56. The summed E-state index contributed by atoms with van der Waals surface area (Å²) in [4.78, 5) is 0.498. The Morgan fingerprint density at radius 3 is 1.47 bits per heavy atom. The van der Waals surface area contributed by atoms with Gasteiger partial charge in [-0.15, -0.1) is 0 Å². The lowest BCUT2D eigenvalue weighted by Crippen LogP contribution is -2.27. The highest BCUT2D eigenvalue weighted by atomic mass is 32.2. The van der Waals surface area contributed by atoms with E-state index in [0.29, 0.717) is 63.8 Å². The number of ether oxygens (including phenoxy) is 3. The molecule has 19 heteroatoms. The molecule has 0 aliphatic carbocycles. The van der Waals surface area contributed by atoms with Crippen molar-refractivity contribution in [3.05, 3.63) is 151 Å². The summed E-state index contributed by atoms with van der Waals surface area (Å²) in [7, 11) is -8.27. The second kappa shape index (κ2) is 25.4. The first-order valence-corrected chi connectivity index (χ1v) is 29.3. The Bertz CT molecular complexity index is 3740. The molecule has 1 aliphatic rings. The molecular weight excluding hydrogens is 1020 g/mol. The molecule has 402 valence electrons. The van der Waals surface area contributed by atoms with Crippen molar-refractivity contribution in [1.82, 2.24) is 24.9 Å². The van der Waals surface area contributed by atoms with Gasteiger partial charge in [0.05, 0.1) is 25.7 Å². The molecule has 0 amide bonds. The van der Waals surface area contributed by atoms with Crippen molar-refractivity contribution >= 4 is 73.1 Å². The summed E-state index contributed by atoms with van der Waals surface area (Å²) in [6.45, 7) is 12.9. The second-order valence-electron chi connectivity index (χ2n) is 18.6. The Hall–Kier alpha value is -6.71. The van der Waals surface area contributed by atoms with Gasteiger partial charge in [-0.2, -0.15) is 18.6 Å². The van der Waals surface area contributed by atoms with Crippen LogP contribution in [-0.2, 0) is 52.8 Å². The van der Waals surface area contributed by atoms with Crippen molar-refractivity contribution in [3.8, 4) is 11.5 Å². The van der Waals surface area contributed by atoms with Crippen LogP contribution in [0.4, 0.5) is 0 Å². The van der Waals surface area contributed by atoms with E-state index < -0.39 is 29.8 Å². The predicted octanol–water partition coefficient (Wildman–Crippen LogP) is 9.74. The third-order valence-electron chi connectivity index (χ3n) is 11.8. The second-order valence-corrected chi connectivity index (χ2v) is 23.9. The summed E-state index contributed by atoms with van der Waals surface area (Å²) < 4.78 is 104. The van der Waals surface area contributed by atoms with Crippen LogP contribution in [-0.4, -0.2) is 96.5 Å². The van der Waals surface area contributed by atoms with Crippen LogP contribution in [0.2, 0.25) is 0 Å². The Balaban J connectivity index is 0.000000193. The van der Waals surface area contributed by atoms with Crippen molar-refractivity contribution in [3.63, 3.8) is 0 Å². The van der Waals surface area contributed by atoms with Crippen LogP contribution in [0.15, 0.2) is 170 Å². The van der Waals surface area contributed by atoms with E-state index in [0.717, 1.165) is 35.1 Å². The van der Waals surface area contributed by atoms with Crippen molar-refractivity contribution in [2.24, 2.45) is 19.8 Å². The van der Waals surface area contributed by atoms with Crippen molar-refractivity contribution in [1.29, 1.82) is 0 Å². The molecule has 0 saturated carbocycles. The fourth-order valence-corrected chi connectivity index (χ4v) is 12.3. The van der Waals surface area contributed by atoms with Crippen LogP contribution in [0.1, 0.15) is 46.1 Å². The summed E-state index contributed by atoms with van der Waals surface area (Å²) in [5.74, 6) is 0.988. The maximum Gasteiger partial charge on any atom is 0.297 e. The van der Waals surface area contributed by atoms with Gasteiger partial charge in [0, 0.05) is 61.4 Å². The smallest absolute Gasteiger partial charge is 0.297 e. The summed E-state index contributed by atoms with van der Waals surface area (Å²) in [6, 6.07) is 42.7. The number of nitrogens with two attached hydrogens (primary N) is 1. The SMILES string of the molecule is C1CCOC1.CC(C)N.CC(C)NCCOc1ccc2c(c1)c(S(=O)(=O)c1cccc3ccccc13)nn2C.Cc1ccc(S(=O)(=O)OCCOc2ccc3c(c2)c(S(=O)(=O)c2cccc4ccccc24)nn3C)cc1.